The first-order valence-corrected chi connectivity index (χ1v) is 5.58. The molecule has 0 amide bonds. The molecule has 3 aliphatic rings. The molecule has 0 aliphatic carbocycles. The largest absolute Gasteiger partial charge is 0.317 e. The Bertz CT molecular complexity index is 119. The van der Waals surface area contributed by atoms with Gasteiger partial charge in [0.1, 0.15) is 0 Å². The number of hydrogen-bond donors (Lipinski definition) is 3. The Morgan fingerprint density at radius 2 is 1.46 bits per heavy atom. The molecule has 1 spiro atoms. The molecule has 0 unspecified atom stereocenters. The lowest BCUT2D eigenvalue weighted by Gasteiger charge is -2.50. The summed E-state index contributed by atoms with van der Waals surface area (Å²) in [6.45, 7) is 6.14. The number of nitrogens with one attached hydrogen (secondary N) is 3. The monoisotopic (exact) mass is 183 g/mol. The molecular formula is C10H21N3. The summed E-state index contributed by atoms with van der Waals surface area (Å²) >= 11 is 0. The van der Waals surface area contributed by atoms with Gasteiger partial charge < -0.3 is 16.0 Å². The lowest BCUT2D eigenvalue weighted by Crippen LogP contribution is -2.74. The minimum absolute atomic E-state index is 0.583. The quantitative estimate of drug-likeness (QED) is 0.498. The van der Waals surface area contributed by atoms with E-state index in [4.69, 9.17) is 0 Å². The molecule has 3 N–H and O–H groups in total. The Balaban J connectivity index is 0.000000102. The molecule has 3 saturated heterocycles. The van der Waals surface area contributed by atoms with Crippen molar-refractivity contribution in [3.8, 4) is 0 Å². The molecule has 0 bridgehead atoms. The van der Waals surface area contributed by atoms with Crippen molar-refractivity contribution in [2.45, 2.75) is 31.2 Å². The van der Waals surface area contributed by atoms with Crippen molar-refractivity contribution in [2.24, 2.45) is 0 Å². The predicted octanol–water partition coefficient (Wildman–Crippen LogP) is 0.0816. The van der Waals surface area contributed by atoms with Gasteiger partial charge in [0.25, 0.3) is 0 Å². The van der Waals surface area contributed by atoms with Crippen molar-refractivity contribution in [2.75, 3.05) is 32.7 Å². The van der Waals surface area contributed by atoms with Crippen LogP contribution in [0.1, 0.15) is 25.7 Å². The third-order valence-corrected chi connectivity index (χ3v) is 3.24. The average molecular weight is 183 g/mol. The second-order valence-corrected chi connectivity index (χ2v) is 4.37. The summed E-state index contributed by atoms with van der Waals surface area (Å²) in [4.78, 5) is 0. The third kappa shape index (κ3) is 2.42. The normalized spacial score (nSPS) is 29.5. The van der Waals surface area contributed by atoms with Gasteiger partial charge in [-0.15, -0.1) is 0 Å². The zero-order chi connectivity index (χ0) is 8.99. The number of piperidine rings is 1. The van der Waals surface area contributed by atoms with E-state index in [1.54, 1.807) is 0 Å². The van der Waals surface area contributed by atoms with E-state index < -0.39 is 0 Å². The Hall–Kier alpha value is -0.120. The summed E-state index contributed by atoms with van der Waals surface area (Å²) < 4.78 is 0. The van der Waals surface area contributed by atoms with Crippen LogP contribution in [0.25, 0.3) is 0 Å². The van der Waals surface area contributed by atoms with E-state index in [1.807, 2.05) is 0 Å². The van der Waals surface area contributed by atoms with Crippen molar-refractivity contribution in [3.63, 3.8) is 0 Å². The van der Waals surface area contributed by atoms with Gasteiger partial charge in [-0.3, -0.25) is 0 Å². The fourth-order valence-corrected chi connectivity index (χ4v) is 2.01. The lowest BCUT2D eigenvalue weighted by molar-refractivity contribution is 0.128. The topological polar surface area (TPSA) is 36.1 Å². The molecule has 76 valence electrons. The van der Waals surface area contributed by atoms with Gasteiger partial charge in [0, 0.05) is 18.6 Å². The molecule has 0 saturated carbocycles. The zero-order valence-corrected chi connectivity index (χ0v) is 8.36. The SMILES string of the molecule is C1CC2(CNC2)N1.C1CCNCC1. The van der Waals surface area contributed by atoms with Gasteiger partial charge in [-0.05, 0) is 38.9 Å². The molecular weight excluding hydrogens is 162 g/mol. The highest BCUT2D eigenvalue weighted by molar-refractivity contribution is 5.06. The van der Waals surface area contributed by atoms with Crippen molar-refractivity contribution >= 4 is 0 Å². The maximum atomic E-state index is 3.40. The Morgan fingerprint density at radius 3 is 1.54 bits per heavy atom. The molecule has 3 nitrogen and oxygen atoms in total. The molecule has 0 radical (unpaired) electrons. The fourth-order valence-electron chi connectivity index (χ4n) is 2.01. The van der Waals surface area contributed by atoms with Crippen LogP contribution in [0, 0.1) is 0 Å². The van der Waals surface area contributed by atoms with E-state index in [1.165, 1.54) is 58.4 Å². The molecule has 3 heteroatoms. The standard InChI is InChI=1S/C5H10N2.C5H11N/c1-2-7-5(1)3-6-4-5;1-2-4-6-5-3-1/h6-7H,1-4H2;6H,1-5H2. The van der Waals surface area contributed by atoms with E-state index >= 15 is 0 Å². The van der Waals surface area contributed by atoms with Crippen molar-refractivity contribution in [1.29, 1.82) is 0 Å². The van der Waals surface area contributed by atoms with Crippen LogP contribution in [-0.4, -0.2) is 38.3 Å². The molecule has 0 aromatic carbocycles. The van der Waals surface area contributed by atoms with Crippen LogP contribution in [-0.2, 0) is 0 Å². The highest BCUT2D eigenvalue weighted by atomic mass is 15.2. The first-order valence-electron chi connectivity index (χ1n) is 5.58. The van der Waals surface area contributed by atoms with Gasteiger partial charge in [0.05, 0.1) is 0 Å². The summed E-state index contributed by atoms with van der Waals surface area (Å²) in [7, 11) is 0. The summed E-state index contributed by atoms with van der Waals surface area (Å²) in [5.74, 6) is 0. The Labute approximate surface area is 80.7 Å². The second-order valence-electron chi connectivity index (χ2n) is 4.37. The summed E-state index contributed by atoms with van der Waals surface area (Å²) in [6, 6.07) is 0. The van der Waals surface area contributed by atoms with E-state index in [-0.39, 0.29) is 0 Å². The van der Waals surface area contributed by atoms with E-state index in [0.29, 0.717) is 5.54 Å². The van der Waals surface area contributed by atoms with Crippen LogP contribution >= 0.6 is 0 Å². The van der Waals surface area contributed by atoms with Crippen LogP contribution < -0.4 is 16.0 Å². The molecule has 0 atom stereocenters. The van der Waals surface area contributed by atoms with Gasteiger partial charge in [-0.25, -0.2) is 0 Å². The molecule has 13 heavy (non-hydrogen) atoms. The van der Waals surface area contributed by atoms with Crippen LogP contribution in [0.3, 0.4) is 0 Å². The zero-order valence-electron chi connectivity index (χ0n) is 8.36. The van der Waals surface area contributed by atoms with Crippen molar-refractivity contribution < 1.29 is 0 Å². The molecule has 0 aromatic rings. The molecule has 0 aromatic heterocycles. The third-order valence-electron chi connectivity index (χ3n) is 3.24. The second kappa shape index (κ2) is 4.40. The van der Waals surface area contributed by atoms with Crippen LogP contribution in [0.5, 0.6) is 0 Å². The highest BCUT2D eigenvalue weighted by Gasteiger charge is 2.41. The predicted molar refractivity (Wildman–Crippen MR) is 54.9 cm³/mol. The first kappa shape index (κ1) is 9.44. The highest BCUT2D eigenvalue weighted by Crippen LogP contribution is 2.21. The lowest BCUT2D eigenvalue weighted by atomic mass is 9.82. The summed E-state index contributed by atoms with van der Waals surface area (Å²) in [5, 5.41) is 9.92. The van der Waals surface area contributed by atoms with Crippen LogP contribution in [0.15, 0.2) is 0 Å². The van der Waals surface area contributed by atoms with Gasteiger partial charge in [0.15, 0.2) is 0 Å². The van der Waals surface area contributed by atoms with E-state index in [9.17, 15) is 0 Å². The van der Waals surface area contributed by atoms with Crippen molar-refractivity contribution in [1.82, 2.24) is 16.0 Å². The minimum atomic E-state index is 0.583. The Kier molecular flexibility index (Phi) is 3.19. The minimum Gasteiger partial charge on any atom is -0.317 e. The summed E-state index contributed by atoms with van der Waals surface area (Å²) in [6.07, 6.45) is 5.60. The molecule has 3 fully saturated rings. The molecule has 3 rings (SSSR count). The molecule has 3 heterocycles. The summed E-state index contributed by atoms with van der Waals surface area (Å²) in [5.41, 5.74) is 0.583. The van der Waals surface area contributed by atoms with Gasteiger partial charge in [-0.2, -0.15) is 0 Å². The van der Waals surface area contributed by atoms with Crippen LogP contribution in [0.2, 0.25) is 0 Å². The van der Waals surface area contributed by atoms with Gasteiger partial charge in [0.2, 0.25) is 0 Å². The number of rotatable bonds is 0. The van der Waals surface area contributed by atoms with Gasteiger partial charge in [-0.1, -0.05) is 6.42 Å². The van der Waals surface area contributed by atoms with Gasteiger partial charge >= 0.3 is 0 Å². The van der Waals surface area contributed by atoms with E-state index in [0.717, 1.165) is 0 Å². The van der Waals surface area contributed by atoms with Crippen molar-refractivity contribution in [3.05, 3.63) is 0 Å². The first-order chi connectivity index (χ1) is 6.41. The average Bonchev–Trinajstić information content (AvgIpc) is 2.03. The number of hydrogen-bond acceptors (Lipinski definition) is 3. The molecule has 3 aliphatic heterocycles. The maximum Gasteiger partial charge on any atom is 0.0444 e. The van der Waals surface area contributed by atoms with Crippen LogP contribution in [0.4, 0.5) is 0 Å². The smallest absolute Gasteiger partial charge is 0.0444 e. The maximum absolute atomic E-state index is 3.40. The Morgan fingerprint density at radius 1 is 0.769 bits per heavy atom. The van der Waals surface area contributed by atoms with E-state index in [2.05, 4.69) is 16.0 Å². The fraction of sp³-hybridized carbons (Fsp3) is 1.00.